The highest BCUT2D eigenvalue weighted by molar-refractivity contribution is 7.93. The van der Waals surface area contributed by atoms with Crippen LogP contribution in [0.25, 0.3) is 11.3 Å². The summed E-state index contributed by atoms with van der Waals surface area (Å²) in [4.78, 5) is 29.9. The molecule has 9 heteroatoms. The molecule has 1 N–H and O–H groups in total. The summed E-state index contributed by atoms with van der Waals surface area (Å²) in [6, 6.07) is 10.5. The van der Waals surface area contributed by atoms with Gasteiger partial charge in [0.05, 0.1) is 10.6 Å². The molecule has 0 saturated carbocycles. The summed E-state index contributed by atoms with van der Waals surface area (Å²) in [6.45, 7) is 5.99. The predicted octanol–water partition coefficient (Wildman–Crippen LogP) is 3.30. The average molecular weight is 518 g/mol. The molecule has 36 heavy (non-hydrogen) atoms. The van der Waals surface area contributed by atoms with Crippen LogP contribution < -0.4 is 5.32 Å². The lowest BCUT2D eigenvalue weighted by molar-refractivity contribution is -0.126. The quantitative estimate of drug-likeness (QED) is 0.482. The number of hydrogen-bond acceptors (Lipinski definition) is 7. The van der Waals surface area contributed by atoms with Crippen LogP contribution in [-0.4, -0.2) is 75.6 Å². The highest BCUT2D eigenvalue weighted by atomic mass is 32.2. The van der Waals surface area contributed by atoms with E-state index in [-0.39, 0.29) is 31.0 Å². The molecule has 0 bridgehead atoms. The summed E-state index contributed by atoms with van der Waals surface area (Å²) >= 11 is 0. The number of carbonyl (C=O) groups excluding carboxylic acids is 2. The molecule has 0 atom stereocenters. The summed E-state index contributed by atoms with van der Waals surface area (Å²) in [6.07, 6.45) is 5.35. The summed E-state index contributed by atoms with van der Waals surface area (Å²) in [5.74, 6) is -0.488. The third-order valence-electron chi connectivity index (χ3n) is 6.14. The molecule has 0 radical (unpaired) electrons. The number of carbonyl (C=O) groups is 2. The molecule has 3 rings (SSSR count). The van der Waals surface area contributed by atoms with Gasteiger partial charge in [-0.25, -0.2) is 8.42 Å². The zero-order valence-electron chi connectivity index (χ0n) is 21.8. The molecule has 0 aliphatic carbocycles. The van der Waals surface area contributed by atoms with Crippen molar-refractivity contribution in [1.29, 1.82) is 0 Å². The van der Waals surface area contributed by atoms with E-state index in [1.54, 1.807) is 13.0 Å². The highest BCUT2D eigenvalue weighted by Crippen LogP contribution is 2.35. The Kier molecular flexibility index (Phi) is 11.7. The van der Waals surface area contributed by atoms with Crippen LogP contribution in [0, 0.1) is 0 Å². The van der Waals surface area contributed by atoms with Crippen molar-refractivity contribution in [3.63, 3.8) is 0 Å². The molecule has 1 aliphatic rings. The number of aromatic nitrogens is 1. The third-order valence-corrected chi connectivity index (χ3v) is 8.62. The standard InChI is InChI=1S/C21H24N2O5S.C6H15N/c1-2-22-20(25)21(10-13-28-14-11-21)29(26,27)18-7-8-19(23-15-18)17-5-3-16(4-6-17)9-12-24;1-4-5-6-7(2)3/h3-8,12,15H,2,9-11,13-14H2,1H3,(H,22,25);4-6H2,1-3H3. The first-order valence-corrected chi connectivity index (χ1v) is 13.9. The van der Waals surface area contributed by atoms with Gasteiger partial charge in [0.2, 0.25) is 5.91 Å². The number of unbranched alkanes of at least 4 members (excludes halogenated alkanes) is 1. The van der Waals surface area contributed by atoms with Crippen molar-refractivity contribution in [3.05, 3.63) is 48.2 Å². The van der Waals surface area contributed by atoms with Gasteiger partial charge < -0.3 is 19.7 Å². The second kappa shape index (κ2) is 14.2. The zero-order chi connectivity index (χ0) is 26.6. The van der Waals surface area contributed by atoms with Gasteiger partial charge >= 0.3 is 0 Å². The number of nitrogens with one attached hydrogen (secondary N) is 1. The lowest BCUT2D eigenvalue weighted by Gasteiger charge is -2.34. The van der Waals surface area contributed by atoms with E-state index in [2.05, 4.69) is 36.2 Å². The van der Waals surface area contributed by atoms with E-state index in [1.165, 1.54) is 31.6 Å². The minimum atomic E-state index is -3.95. The first-order chi connectivity index (χ1) is 17.2. The van der Waals surface area contributed by atoms with Crippen molar-refractivity contribution >= 4 is 22.0 Å². The average Bonchev–Trinajstić information content (AvgIpc) is 2.89. The summed E-state index contributed by atoms with van der Waals surface area (Å²) in [5.41, 5.74) is 2.32. The molecule has 2 heterocycles. The van der Waals surface area contributed by atoms with Gasteiger partial charge in [0.1, 0.15) is 6.29 Å². The van der Waals surface area contributed by atoms with Gasteiger partial charge in [-0.1, -0.05) is 37.6 Å². The highest BCUT2D eigenvalue weighted by Gasteiger charge is 2.52. The number of sulfone groups is 1. The van der Waals surface area contributed by atoms with E-state index >= 15 is 0 Å². The van der Waals surface area contributed by atoms with Crippen LogP contribution in [0.1, 0.15) is 45.1 Å². The van der Waals surface area contributed by atoms with Crippen molar-refractivity contribution in [2.24, 2.45) is 0 Å². The van der Waals surface area contributed by atoms with Crippen LogP contribution in [0.3, 0.4) is 0 Å². The minimum Gasteiger partial charge on any atom is -0.381 e. The van der Waals surface area contributed by atoms with Crippen molar-refractivity contribution in [3.8, 4) is 11.3 Å². The SMILES string of the molecule is CCCCN(C)C.CCNC(=O)C1(S(=O)(=O)c2ccc(-c3ccc(CC=O)cc3)nc2)CCOCC1. The maximum absolute atomic E-state index is 13.4. The van der Waals surface area contributed by atoms with Crippen LogP contribution in [-0.2, 0) is 30.6 Å². The Morgan fingerprint density at radius 3 is 2.25 bits per heavy atom. The molecule has 1 aliphatic heterocycles. The largest absolute Gasteiger partial charge is 0.381 e. The topological polar surface area (TPSA) is 106 Å². The summed E-state index contributed by atoms with van der Waals surface area (Å²) < 4.78 is 30.6. The molecule has 8 nitrogen and oxygen atoms in total. The van der Waals surface area contributed by atoms with Crippen molar-refractivity contribution in [1.82, 2.24) is 15.2 Å². The van der Waals surface area contributed by atoms with E-state index in [1.807, 2.05) is 24.3 Å². The van der Waals surface area contributed by atoms with Crippen LogP contribution in [0.15, 0.2) is 47.5 Å². The van der Waals surface area contributed by atoms with Gasteiger partial charge in [0.25, 0.3) is 0 Å². The molecule has 0 spiro atoms. The van der Waals surface area contributed by atoms with Crippen LogP contribution >= 0.6 is 0 Å². The molecule has 1 amide bonds. The van der Waals surface area contributed by atoms with E-state index < -0.39 is 20.5 Å². The number of aldehydes is 1. The Morgan fingerprint density at radius 1 is 1.11 bits per heavy atom. The Morgan fingerprint density at radius 2 is 1.78 bits per heavy atom. The van der Waals surface area contributed by atoms with Gasteiger partial charge in [0.15, 0.2) is 14.6 Å². The van der Waals surface area contributed by atoms with Gasteiger partial charge in [-0.05, 0) is 64.5 Å². The monoisotopic (exact) mass is 517 g/mol. The Bertz CT molecular complexity index is 1060. The fourth-order valence-electron chi connectivity index (χ4n) is 3.96. The smallest absolute Gasteiger partial charge is 0.242 e. The number of ether oxygens (including phenoxy) is 1. The third kappa shape index (κ3) is 7.44. The molecule has 198 valence electrons. The lowest BCUT2D eigenvalue weighted by atomic mass is 9.98. The number of nitrogens with zero attached hydrogens (tertiary/aromatic N) is 2. The molecule has 1 aromatic heterocycles. The van der Waals surface area contributed by atoms with Crippen molar-refractivity contribution in [2.75, 3.05) is 40.4 Å². The second-order valence-electron chi connectivity index (χ2n) is 9.07. The molecule has 1 aromatic carbocycles. The van der Waals surface area contributed by atoms with E-state index in [9.17, 15) is 18.0 Å². The first-order valence-electron chi connectivity index (χ1n) is 12.5. The summed E-state index contributed by atoms with van der Waals surface area (Å²) in [7, 11) is 0.262. The molecular formula is C27H39N3O5S. The number of amides is 1. The molecule has 1 fully saturated rings. The van der Waals surface area contributed by atoms with Crippen molar-refractivity contribution in [2.45, 2.75) is 55.6 Å². The minimum absolute atomic E-state index is 0.0204. The second-order valence-corrected chi connectivity index (χ2v) is 11.3. The molecular weight excluding hydrogens is 478 g/mol. The van der Waals surface area contributed by atoms with Gasteiger partial charge in [-0.3, -0.25) is 9.78 Å². The van der Waals surface area contributed by atoms with Gasteiger partial charge in [0, 0.05) is 37.9 Å². The fourth-order valence-corrected chi connectivity index (χ4v) is 5.87. The predicted molar refractivity (Wildman–Crippen MR) is 142 cm³/mol. The van der Waals surface area contributed by atoms with E-state index in [0.29, 0.717) is 18.7 Å². The van der Waals surface area contributed by atoms with Crippen molar-refractivity contribution < 1.29 is 22.7 Å². The van der Waals surface area contributed by atoms with Crippen LogP contribution in [0.2, 0.25) is 0 Å². The normalized spacial score (nSPS) is 15.0. The Balaban J connectivity index is 0.000000572. The van der Waals surface area contributed by atoms with Crippen LogP contribution in [0.5, 0.6) is 0 Å². The molecule has 1 saturated heterocycles. The van der Waals surface area contributed by atoms with Crippen LogP contribution in [0.4, 0.5) is 0 Å². The lowest BCUT2D eigenvalue weighted by Crippen LogP contribution is -2.55. The number of pyridine rings is 1. The maximum Gasteiger partial charge on any atom is 0.242 e. The Hall–Kier alpha value is -2.62. The van der Waals surface area contributed by atoms with Gasteiger partial charge in [-0.15, -0.1) is 0 Å². The zero-order valence-corrected chi connectivity index (χ0v) is 22.6. The van der Waals surface area contributed by atoms with E-state index in [0.717, 1.165) is 17.4 Å². The number of benzene rings is 1. The Labute approximate surface area is 215 Å². The summed E-state index contributed by atoms with van der Waals surface area (Å²) in [5, 5.41) is 2.67. The van der Waals surface area contributed by atoms with Gasteiger partial charge in [-0.2, -0.15) is 0 Å². The molecule has 2 aromatic rings. The maximum atomic E-state index is 13.4. The number of hydrogen-bond donors (Lipinski definition) is 1. The fraction of sp³-hybridized carbons (Fsp3) is 0.519. The number of rotatable bonds is 10. The molecule has 0 unspecified atom stereocenters. The van der Waals surface area contributed by atoms with E-state index in [4.69, 9.17) is 4.74 Å². The first kappa shape index (κ1) is 29.6.